The molecule has 9 heteroatoms. The zero-order chi connectivity index (χ0) is 18.9. The number of carboxylic acid groups (broad SMARTS) is 1. The van der Waals surface area contributed by atoms with Crippen LogP contribution in [0.4, 0.5) is 5.69 Å². The van der Waals surface area contributed by atoms with Crippen LogP contribution in [0.3, 0.4) is 0 Å². The number of aromatic carboxylic acids is 1. The highest BCUT2D eigenvalue weighted by molar-refractivity contribution is 7.89. The van der Waals surface area contributed by atoms with Crippen LogP contribution >= 0.6 is 11.3 Å². The first-order valence-electron chi connectivity index (χ1n) is 8.03. The Morgan fingerprint density at radius 2 is 1.88 bits per heavy atom. The molecule has 2 N–H and O–H groups in total. The van der Waals surface area contributed by atoms with Crippen molar-refractivity contribution >= 4 is 38.9 Å². The smallest absolute Gasteiger partial charge is 0.336 e. The highest BCUT2D eigenvalue weighted by Gasteiger charge is 2.31. The summed E-state index contributed by atoms with van der Waals surface area (Å²) in [5.74, 6) is -1.66. The maximum Gasteiger partial charge on any atom is 0.336 e. The van der Waals surface area contributed by atoms with E-state index in [0.717, 1.165) is 24.2 Å². The highest BCUT2D eigenvalue weighted by Crippen LogP contribution is 2.28. The summed E-state index contributed by atoms with van der Waals surface area (Å²) in [6.07, 6.45) is 1.62. The molecule has 0 aliphatic carbocycles. The topological polar surface area (TPSA) is 104 Å². The fourth-order valence-corrected chi connectivity index (χ4v) is 5.66. The van der Waals surface area contributed by atoms with Crippen molar-refractivity contribution < 1.29 is 23.1 Å². The first-order valence-corrected chi connectivity index (χ1v) is 10.4. The number of rotatable bonds is 5. The first kappa shape index (κ1) is 18.6. The number of amides is 1. The second-order valence-electron chi connectivity index (χ2n) is 6.01. The third-order valence-corrected chi connectivity index (χ3v) is 7.23. The Labute approximate surface area is 155 Å². The lowest BCUT2D eigenvalue weighted by Gasteiger charge is -2.15. The van der Waals surface area contributed by atoms with E-state index in [4.69, 9.17) is 0 Å². The zero-order valence-electron chi connectivity index (χ0n) is 14.1. The summed E-state index contributed by atoms with van der Waals surface area (Å²) in [5.41, 5.74) is 0.957. The molecule has 138 valence electrons. The minimum absolute atomic E-state index is 0.00697. The number of anilines is 1. The third kappa shape index (κ3) is 3.50. The lowest BCUT2D eigenvalue weighted by Crippen LogP contribution is -2.29. The Hall–Kier alpha value is -2.23. The van der Waals surface area contributed by atoms with Crippen LogP contribution in [0.2, 0.25) is 0 Å². The van der Waals surface area contributed by atoms with Crippen LogP contribution < -0.4 is 5.32 Å². The van der Waals surface area contributed by atoms with Crippen LogP contribution in [-0.2, 0) is 10.0 Å². The van der Waals surface area contributed by atoms with Crippen molar-refractivity contribution in [1.82, 2.24) is 4.31 Å². The Morgan fingerprint density at radius 1 is 1.19 bits per heavy atom. The second kappa shape index (κ2) is 7.18. The number of aryl methyl sites for hydroxylation is 1. The predicted molar refractivity (Wildman–Crippen MR) is 98.4 cm³/mol. The normalized spacial score (nSPS) is 15.1. The lowest BCUT2D eigenvalue weighted by molar-refractivity contribution is 0.0695. The van der Waals surface area contributed by atoms with Crippen molar-refractivity contribution in [2.24, 2.45) is 0 Å². The number of hydrogen-bond acceptors (Lipinski definition) is 5. The molecule has 1 aromatic heterocycles. The fourth-order valence-electron chi connectivity index (χ4n) is 2.85. The van der Waals surface area contributed by atoms with Gasteiger partial charge in [-0.2, -0.15) is 4.31 Å². The molecule has 1 saturated heterocycles. The van der Waals surface area contributed by atoms with E-state index in [1.807, 2.05) is 0 Å². The molecule has 1 aliphatic heterocycles. The van der Waals surface area contributed by atoms with Crippen LogP contribution in [-0.4, -0.2) is 42.8 Å². The molecule has 0 saturated carbocycles. The van der Waals surface area contributed by atoms with Gasteiger partial charge in [0.2, 0.25) is 10.0 Å². The van der Waals surface area contributed by atoms with Crippen LogP contribution in [0.1, 0.15) is 38.4 Å². The van der Waals surface area contributed by atoms with Crippen molar-refractivity contribution in [2.45, 2.75) is 24.7 Å². The maximum absolute atomic E-state index is 12.7. The number of benzene rings is 1. The van der Waals surface area contributed by atoms with Gasteiger partial charge in [0.1, 0.15) is 9.77 Å². The van der Waals surface area contributed by atoms with Gasteiger partial charge in [0.15, 0.2) is 0 Å². The van der Waals surface area contributed by atoms with Gasteiger partial charge >= 0.3 is 5.97 Å². The van der Waals surface area contributed by atoms with Gasteiger partial charge in [-0.05, 0) is 48.9 Å². The van der Waals surface area contributed by atoms with E-state index >= 15 is 0 Å². The molecule has 0 atom stereocenters. The van der Waals surface area contributed by atoms with Gasteiger partial charge in [-0.3, -0.25) is 4.79 Å². The highest BCUT2D eigenvalue weighted by atomic mass is 32.2. The van der Waals surface area contributed by atoms with Gasteiger partial charge in [-0.15, -0.1) is 11.3 Å². The largest absolute Gasteiger partial charge is 0.478 e. The van der Waals surface area contributed by atoms with Gasteiger partial charge < -0.3 is 10.4 Å². The molecule has 3 rings (SSSR count). The summed E-state index contributed by atoms with van der Waals surface area (Å²) >= 11 is 1.04. The van der Waals surface area contributed by atoms with Crippen molar-refractivity contribution in [3.8, 4) is 0 Å². The number of carbonyl (C=O) groups excluding carboxylic acids is 1. The van der Waals surface area contributed by atoms with Crippen molar-refractivity contribution in [2.75, 3.05) is 18.4 Å². The van der Waals surface area contributed by atoms with E-state index in [-0.39, 0.29) is 15.3 Å². The molecule has 2 heterocycles. The van der Waals surface area contributed by atoms with Gasteiger partial charge in [0.25, 0.3) is 5.91 Å². The zero-order valence-corrected chi connectivity index (χ0v) is 15.7. The summed E-state index contributed by atoms with van der Waals surface area (Å²) < 4.78 is 26.9. The fraction of sp³-hybridized carbons (Fsp3) is 0.294. The summed E-state index contributed by atoms with van der Waals surface area (Å²) in [7, 11) is -3.70. The van der Waals surface area contributed by atoms with E-state index in [9.17, 15) is 23.1 Å². The van der Waals surface area contributed by atoms with Gasteiger partial charge in [-0.25, -0.2) is 13.2 Å². The van der Waals surface area contributed by atoms with Crippen LogP contribution in [0.15, 0.2) is 34.5 Å². The molecule has 0 unspecified atom stereocenters. The molecular formula is C17H18N2O5S2. The Balaban J connectivity index is 1.87. The molecule has 2 aromatic rings. The number of sulfonamides is 1. The molecule has 1 aromatic carbocycles. The number of thiophene rings is 1. The molecule has 0 radical (unpaired) electrons. The Kier molecular flexibility index (Phi) is 5.12. The minimum atomic E-state index is -3.70. The van der Waals surface area contributed by atoms with Gasteiger partial charge in [0, 0.05) is 18.8 Å². The number of nitrogens with zero attached hydrogens (tertiary/aromatic N) is 1. The molecule has 1 aliphatic rings. The molecular weight excluding hydrogens is 376 g/mol. The molecule has 1 fully saturated rings. The van der Waals surface area contributed by atoms with Crippen LogP contribution in [0.5, 0.6) is 0 Å². The summed E-state index contributed by atoms with van der Waals surface area (Å²) in [4.78, 5) is 23.9. The molecule has 0 spiro atoms. The standard InChI is InChI=1S/C17H18N2O5S2/c1-11-4-5-12(10-13(11)17(21)22)18-16(20)15-14(6-9-25-15)26(23,24)19-7-2-3-8-19/h4-6,9-10H,2-3,7-8H2,1H3,(H,18,20)(H,21,22). The average Bonchev–Trinajstić information content (AvgIpc) is 3.28. The summed E-state index contributed by atoms with van der Waals surface area (Å²) in [6.45, 7) is 2.58. The van der Waals surface area contributed by atoms with E-state index in [1.165, 1.54) is 16.4 Å². The van der Waals surface area contributed by atoms with Gasteiger partial charge in [-0.1, -0.05) is 6.07 Å². The van der Waals surface area contributed by atoms with Crippen LogP contribution in [0, 0.1) is 6.92 Å². The Bertz CT molecular complexity index is 959. The second-order valence-corrected chi connectivity index (χ2v) is 8.84. The maximum atomic E-state index is 12.7. The first-order chi connectivity index (χ1) is 12.3. The van der Waals surface area contributed by atoms with E-state index in [2.05, 4.69) is 5.32 Å². The van der Waals surface area contributed by atoms with Crippen molar-refractivity contribution in [1.29, 1.82) is 0 Å². The summed E-state index contributed by atoms with van der Waals surface area (Å²) in [6, 6.07) is 5.97. The predicted octanol–water partition coefficient (Wildman–Crippen LogP) is 2.79. The van der Waals surface area contributed by atoms with E-state index < -0.39 is 21.9 Å². The van der Waals surface area contributed by atoms with Crippen molar-refractivity contribution in [3.63, 3.8) is 0 Å². The number of carbonyl (C=O) groups is 2. The number of nitrogens with one attached hydrogen (secondary N) is 1. The lowest BCUT2D eigenvalue weighted by atomic mass is 10.1. The third-order valence-electron chi connectivity index (χ3n) is 4.24. The quantitative estimate of drug-likeness (QED) is 0.812. The Morgan fingerprint density at radius 3 is 2.54 bits per heavy atom. The van der Waals surface area contributed by atoms with E-state index in [0.29, 0.717) is 24.3 Å². The van der Waals surface area contributed by atoms with Crippen molar-refractivity contribution in [3.05, 3.63) is 45.6 Å². The molecule has 0 bridgehead atoms. The number of carboxylic acids is 1. The molecule has 26 heavy (non-hydrogen) atoms. The molecule has 7 nitrogen and oxygen atoms in total. The number of hydrogen-bond donors (Lipinski definition) is 2. The minimum Gasteiger partial charge on any atom is -0.478 e. The SMILES string of the molecule is Cc1ccc(NC(=O)c2sccc2S(=O)(=O)N2CCCC2)cc1C(=O)O. The van der Waals surface area contributed by atoms with E-state index in [1.54, 1.807) is 24.4 Å². The molecule has 1 amide bonds. The monoisotopic (exact) mass is 394 g/mol. The van der Waals surface area contributed by atoms with Gasteiger partial charge in [0.05, 0.1) is 5.56 Å². The average molecular weight is 394 g/mol. The summed E-state index contributed by atoms with van der Waals surface area (Å²) in [5, 5.41) is 13.3. The van der Waals surface area contributed by atoms with Crippen LogP contribution in [0.25, 0.3) is 0 Å².